The topological polar surface area (TPSA) is 94.9 Å². The van der Waals surface area contributed by atoms with Crippen molar-refractivity contribution in [3.8, 4) is 11.5 Å². The summed E-state index contributed by atoms with van der Waals surface area (Å²) in [6.45, 7) is 1.96. The minimum atomic E-state index is -0.938. The molecule has 3 heterocycles. The zero-order valence-electron chi connectivity index (χ0n) is 18.5. The van der Waals surface area contributed by atoms with Crippen LogP contribution in [0.25, 0.3) is 0 Å². The van der Waals surface area contributed by atoms with E-state index >= 15 is 0 Å². The maximum Gasteiger partial charge on any atom is 0.253 e. The highest BCUT2D eigenvalue weighted by Gasteiger charge is 2.73. The summed E-state index contributed by atoms with van der Waals surface area (Å²) in [5, 5.41) is 26.3. The first-order valence-electron chi connectivity index (χ1n) is 12.2. The first-order chi connectivity index (χ1) is 16.0. The number of ether oxygens (including phenoxy) is 1. The molecule has 5 atom stereocenters. The van der Waals surface area contributed by atoms with Crippen LogP contribution in [0.4, 0.5) is 0 Å². The van der Waals surface area contributed by atoms with Crippen molar-refractivity contribution in [2.75, 3.05) is 13.1 Å². The highest BCUT2D eigenvalue weighted by Crippen LogP contribution is 2.65. The van der Waals surface area contributed by atoms with Gasteiger partial charge in [-0.15, -0.1) is 0 Å². The van der Waals surface area contributed by atoms with E-state index in [1.807, 2.05) is 6.07 Å². The van der Waals surface area contributed by atoms with E-state index in [0.29, 0.717) is 24.2 Å². The van der Waals surface area contributed by atoms with Crippen LogP contribution in [0.5, 0.6) is 11.5 Å². The van der Waals surface area contributed by atoms with E-state index in [9.17, 15) is 15.0 Å². The van der Waals surface area contributed by atoms with Crippen LogP contribution in [0, 0.1) is 5.92 Å². The summed E-state index contributed by atoms with van der Waals surface area (Å²) in [4.78, 5) is 19.6. The van der Waals surface area contributed by atoms with Gasteiger partial charge in [0, 0.05) is 30.5 Å². The number of nitrogens with one attached hydrogen (secondary N) is 1. The number of pyridine rings is 1. The molecule has 33 heavy (non-hydrogen) atoms. The monoisotopic (exact) mass is 447 g/mol. The van der Waals surface area contributed by atoms with Crippen LogP contribution in [0.3, 0.4) is 0 Å². The lowest BCUT2D eigenvalue weighted by Crippen LogP contribution is -2.78. The van der Waals surface area contributed by atoms with Gasteiger partial charge in [-0.3, -0.25) is 14.7 Å². The fourth-order valence-corrected chi connectivity index (χ4v) is 7.38. The molecule has 1 saturated heterocycles. The van der Waals surface area contributed by atoms with E-state index < -0.39 is 17.1 Å². The summed E-state index contributed by atoms with van der Waals surface area (Å²) in [7, 11) is 0. The summed E-state index contributed by atoms with van der Waals surface area (Å²) in [6.07, 6.45) is 8.15. The van der Waals surface area contributed by atoms with Crippen molar-refractivity contribution in [1.29, 1.82) is 0 Å². The van der Waals surface area contributed by atoms with Gasteiger partial charge in [-0.2, -0.15) is 0 Å². The standard InChI is InChI=1S/C26H29N3O4/c30-19-6-5-16-12-20-26(32)8-7-18(28-24(31)17-2-1-10-27-13-17)23-25(26,21(16)22(19)33-23)9-11-29(20)14-15-3-4-15/h1-2,5-6,10,13,15,18,20,23,30,32H,3-4,7-9,11-12,14H2,(H,28,31)/t18-,20-,23+,25+,26-/m1/s1. The van der Waals surface area contributed by atoms with Gasteiger partial charge < -0.3 is 20.3 Å². The van der Waals surface area contributed by atoms with Crippen LogP contribution in [-0.2, 0) is 11.8 Å². The number of likely N-dealkylation sites (tertiary alicyclic amines) is 1. The van der Waals surface area contributed by atoms with Gasteiger partial charge in [-0.05, 0) is 74.8 Å². The van der Waals surface area contributed by atoms with Gasteiger partial charge in [-0.1, -0.05) is 6.07 Å². The summed E-state index contributed by atoms with van der Waals surface area (Å²) < 4.78 is 6.49. The number of phenolic OH excluding ortho intramolecular Hbond substituents is 1. The maximum absolute atomic E-state index is 13.0. The predicted octanol–water partition coefficient (Wildman–Crippen LogP) is 2.15. The molecule has 7 rings (SSSR count). The number of rotatable bonds is 4. The largest absolute Gasteiger partial charge is 0.504 e. The maximum atomic E-state index is 13.0. The Hall–Kier alpha value is -2.64. The number of carbonyl (C=O) groups is 1. The number of amides is 1. The van der Waals surface area contributed by atoms with E-state index in [4.69, 9.17) is 4.74 Å². The number of carbonyl (C=O) groups excluding carboxylic acids is 1. The molecular formula is C26H29N3O4. The molecule has 3 N–H and O–H groups in total. The number of nitrogens with zero attached hydrogens (tertiary/aromatic N) is 2. The first-order valence-corrected chi connectivity index (χ1v) is 12.2. The Balaban J connectivity index is 1.31. The highest BCUT2D eigenvalue weighted by atomic mass is 16.5. The van der Waals surface area contributed by atoms with Crippen molar-refractivity contribution in [2.24, 2.45) is 5.92 Å². The average molecular weight is 448 g/mol. The summed E-state index contributed by atoms with van der Waals surface area (Å²) in [5.74, 6) is 1.20. The van der Waals surface area contributed by atoms with E-state index in [-0.39, 0.29) is 23.7 Å². The molecule has 1 aromatic carbocycles. The molecule has 2 saturated carbocycles. The zero-order valence-corrected chi connectivity index (χ0v) is 18.5. The van der Waals surface area contributed by atoms with Gasteiger partial charge in [0.1, 0.15) is 6.10 Å². The van der Waals surface area contributed by atoms with E-state index in [1.54, 1.807) is 30.6 Å². The molecule has 3 fully saturated rings. The second-order valence-electron chi connectivity index (χ2n) is 10.7. The van der Waals surface area contributed by atoms with Gasteiger partial charge in [0.15, 0.2) is 11.5 Å². The van der Waals surface area contributed by atoms with Crippen molar-refractivity contribution in [2.45, 2.75) is 67.7 Å². The summed E-state index contributed by atoms with van der Waals surface area (Å²) >= 11 is 0. The average Bonchev–Trinajstić information content (AvgIpc) is 3.56. The Bertz CT molecular complexity index is 1140. The molecule has 172 valence electrons. The number of benzene rings is 1. The molecule has 1 aromatic heterocycles. The normalized spacial score (nSPS) is 36.1. The van der Waals surface area contributed by atoms with Crippen LogP contribution in [-0.4, -0.2) is 62.9 Å². The zero-order chi connectivity index (χ0) is 22.4. The molecular weight excluding hydrogens is 418 g/mol. The minimum absolute atomic E-state index is 0.0379. The van der Waals surface area contributed by atoms with E-state index in [0.717, 1.165) is 37.4 Å². The smallest absolute Gasteiger partial charge is 0.253 e. The van der Waals surface area contributed by atoms with Crippen LogP contribution >= 0.6 is 0 Å². The fourth-order valence-electron chi connectivity index (χ4n) is 7.38. The minimum Gasteiger partial charge on any atom is -0.504 e. The molecule has 3 aliphatic carbocycles. The van der Waals surface area contributed by atoms with Crippen molar-refractivity contribution >= 4 is 5.91 Å². The fraction of sp³-hybridized carbons (Fsp3) is 0.538. The summed E-state index contributed by atoms with van der Waals surface area (Å²) in [6, 6.07) is 7.01. The van der Waals surface area contributed by atoms with Crippen molar-refractivity contribution < 1.29 is 19.7 Å². The predicted molar refractivity (Wildman–Crippen MR) is 120 cm³/mol. The van der Waals surface area contributed by atoms with Gasteiger partial charge in [0.2, 0.25) is 0 Å². The van der Waals surface area contributed by atoms with E-state index in [1.165, 1.54) is 18.4 Å². The lowest BCUT2D eigenvalue weighted by Gasteiger charge is -2.64. The Morgan fingerprint density at radius 2 is 2.12 bits per heavy atom. The molecule has 5 aliphatic rings. The first kappa shape index (κ1) is 19.8. The van der Waals surface area contributed by atoms with Crippen LogP contribution in [0.15, 0.2) is 36.7 Å². The van der Waals surface area contributed by atoms with Gasteiger partial charge in [0.05, 0.1) is 22.6 Å². The Labute approximate surface area is 192 Å². The number of piperidine rings is 1. The molecule has 1 amide bonds. The van der Waals surface area contributed by atoms with Crippen molar-refractivity contribution in [1.82, 2.24) is 15.2 Å². The number of aromatic nitrogens is 1. The Morgan fingerprint density at radius 1 is 1.24 bits per heavy atom. The summed E-state index contributed by atoms with van der Waals surface area (Å²) in [5.41, 5.74) is 1.10. The van der Waals surface area contributed by atoms with Crippen LogP contribution in [0.2, 0.25) is 0 Å². The third-order valence-corrected chi connectivity index (χ3v) is 9.00. The second kappa shape index (κ2) is 6.70. The number of hydrogen-bond donors (Lipinski definition) is 3. The Kier molecular flexibility index (Phi) is 4.02. The van der Waals surface area contributed by atoms with Gasteiger partial charge in [0.25, 0.3) is 5.91 Å². The van der Waals surface area contributed by atoms with Crippen molar-refractivity contribution in [3.63, 3.8) is 0 Å². The molecule has 2 aliphatic heterocycles. The third-order valence-electron chi connectivity index (χ3n) is 9.00. The number of aromatic hydroxyl groups is 1. The quantitative estimate of drug-likeness (QED) is 0.665. The second-order valence-corrected chi connectivity index (χ2v) is 10.7. The number of hydrogen-bond acceptors (Lipinski definition) is 6. The molecule has 2 bridgehead atoms. The molecule has 2 aromatic rings. The number of phenols is 1. The Morgan fingerprint density at radius 3 is 2.91 bits per heavy atom. The molecule has 7 nitrogen and oxygen atoms in total. The molecule has 7 heteroatoms. The molecule has 1 spiro atoms. The van der Waals surface area contributed by atoms with Gasteiger partial charge in [-0.25, -0.2) is 0 Å². The SMILES string of the molecule is O=C(N[C@@H]1CC[C@@]2(O)[C@H]3Cc4ccc(O)c5c4[C@@]2(CCN3CC2CC2)[C@H]1O5)c1cccnc1. The van der Waals surface area contributed by atoms with Crippen LogP contribution in [0.1, 0.15) is 53.6 Å². The lowest BCUT2D eigenvalue weighted by atomic mass is 9.48. The lowest BCUT2D eigenvalue weighted by molar-refractivity contribution is -0.191. The highest BCUT2D eigenvalue weighted by molar-refractivity contribution is 5.94. The molecule has 0 unspecified atom stereocenters. The third kappa shape index (κ3) is 2.58. The van der Waals surface area contributed by atoms with E-state index in [2.05, 4.69) is 15.2 Å². The number of aliphatic hydroxyl groups is 1. The molecule has 0 radical (unpaired) electrons. The van der Waals surface area contributed by atoms with Crippen molar-refractivity contribution in [3.05, 3.63) is 53.3 Å². The van der Waals surface area contributed by atoms with Gasteiger partial charge >= 0.3 is 0 Å². The van der Waals surface area contributed by atoms with Crippen LogP contribution < -0.4 is 10.1 Å².